The number of carbonyl (C=O) groups excluding carboxylic acids is 1. The average Bonchev–Trinajstić information content (AvgIpc) is 3.11. The number of anilines is 1. The quantitative estimate of drug-likeness (QED) is 0.853. The molecule has 110 valence electrons. The Morgan fingerprint density at radius 3 is 2.59 bits per heavy atom. The van der Waals surface area contributed by atoms with Crippen LogP contribution in [0.3, 0.4) is 0 Å². The van der Waals surface area contributed by atoms with E-state index in [-0.39, 0.29) is 11.5 Å². The van der Waals surface area contributed by atoms with E-state index in [0.29, 0.717) is 17.0 Å². The summed E-state index contributed by atoms with van der Waals surface area (Å²) in [6.45, 7) is 1.76. The van der Waals surface area contributed by atoms with Gasteiger partial charge in [-0.3, -0.25) is 4.79 Å². The number of aromatic nitrogens is 1. The van der Waals surface area contributed by atoms with Gasteiger partial charge in [0.15, 0.2) is 0 Å². The van der Waals surface area contributed by atoms with E-state index in [1.807, 2.05) is 12.1 Å². The van der Waals surface area contributed by atoms with Gasteiger partial charge in [0.25, 0.3) is 5.91 Å². The Morgan fingerprint density at radius 1 is 1.27 bits per heavy atom. The third kappa shape index (κ3) is 2.42. The number of nitrogens with zero attached hydrogens (tertiary/aromatic N) is 2. The van der Waals surface area contributed by atoms with Crippen molar-refractivity contribution in [2.75, 3.05) is 5.01 Å². The summed E-state index contributed by atoms with van der Waals surface area (Å²) in [5, 5.41) is 14.4. The van der Waals surface area contributed by atoms with Crippen LogP contribution >= 0.6 is 0 Å². The molecular weight excluding hydrogens is 282 g/mol. The monoisotopic (exact) mass is 295 g/mol. The SMILES string of the molecule is CC1=NN(c2ccc(C(=O)O)cc2)C(=O)C1=Cc1ccc[nH]1. The molecule has 0 bridgehead atoms. The zero-order valence-electron chi connectivity index (χ0n) is 11.8. The molecule has 6 nitrogen and oxygen atoms in total. The number of hydrazone groups is 1. The zero-order valence-corrected chi connectivity index (χ0v) is 11.8. The molecule has 1 aromatic heterocycles. The summed E-state index contributed by atoms with van der Waals surface area (Å²) in [5.41, 5.74) is 2.63. The van der Waals surface area contributed by atoms with E-state index in [1.54, 1.807) is 31.3 Å². The first kappa shape index (κ1) is 13.8. The standard InChI is InChI=1S/C16H13N3O3/c1-10-14(9-12-3-2-8-17-12)15(20)19(18-10)13-6-4-11(5-7-13)16(21)22/h2-9,17H,1H3,(H,21,22). The minimum Gasteiger partial charge on any atom is -0.478 e. The summed E-state index contributed by atoms with van der Waals surface area (Å²) in [7, 11) is 0. The number of nitrogens with one attached hydrogen (secondary N) is 1. The summed E-state index contributed by atoms with van der Waals surface area (Å²) >= 11 is 0. The van der Waals surface area contributed by atoms with E-state index < -0.39 is 5.97 Å². The lowest BCUT2D eigenvalue weighted by molar-refractivity contribution is -0.114. The predicted octanol–water partition coefficient (Wildman–Crippen LogP) is 2.52. The lowest BCUT2D eigenvalue weighted by Gasteiger charge is -2.11. The fraction of sp³-hybridized carbons (Fsp3) is 0.0625. The minimum absolute atomic E-state index is 0.165. The van der Waals surface area contributed by atoms with Crippen LogP contribution in [0.1, 0.15) is 23.0 Å². The van der Waals surface area contributed by atoms with Gasteiger partial charge in [-0.25, -0.2) is 4.79 Å². The maximum Gasteiger partial charge on any atom is 0.335 e. The van der Waals surface area contributed by atoms with Crippen LogP contribution in [0.2, 0.25) is 0 Å². The van der Waals surface area contributed by atoms with E-state index >= 15 is 0 Å². The average molecular weight is 295 g/mol. The number of rotatable bonds is 3. The molecule has 0 fully saturated rings. The van der Waals surface area contributed by atoms with Crippen molar-refractivity contribution < 1.29 is 14.7 Å². The summed E-state index contributed by atoms with van der Waals surface area (Å²) in [6, 6.07) is 9.73. The Labute approximate surface area is 126 Å². The molecular formula is C16H13N3O3. The molecule has 1 aliphatic rings. The van der Waals surface area contributed by atoms with Crippen molar-refractivity contribution in [3.63, 3.8) is 0 Å². The third-order valence-corrected chi connectivity index (χ3v) is 3.34. The Hall–Kier alpha value is -3.15. The van der Waals surface area contributed by atoms with Crippen molar-refractivity contribution in [1.29, 1.82) is 0 Å². The van der Waals surface area contributed by atoms with Gasteiger partial charge in [-0.2, -0.15) is 10.1 Å². The Morgan fingerprint density at radius 2 is 2.00 bits per heavy atom. The van der Waals surface area contributed by atoms with Crippen LogP contribution in [0.4, 0.5) is 5.69 Å². The first-order chi connectivity index (χ1) is 10.6. The fourth-order valence-corrected chi connectivity index (χ4v) is 2.19. The van der Waals surface area contributed by atoms with E-state index in [9.17, 15) is 9.59 Å². The van der Waals surface area contributed by atoms with Crippen LogP contribution in [0.25, 0.3) is 6.08 Å². The number of aromatic amines is 1. The van der Waals surface area contributed by atoms with E-state index in [2.05, 4.69) is 10.1 Å². The number of carboxylic acid groups (broad SMARTS) is 1. The largest absolute Gasteiger partial charge is 0.478 e. The van der Waals surface area contributed by atoms with Crippen molar-refractivity contribution in [3.05, 3.63) is 59.4 Å². The second-order valence-corrected chi connectivity index (χ2v) is 4.84. The van der Waals surface area contributed by atoms with Crippen LogP contribution in [-0.2, 0) is 4.79 Å². The molecule has 0 atom stereocenters. The maximum absolute atomic E-state index is 12.5. The van der Waals surface area contributed by atoms with Crippen molar-refractivity contribution in [1.82, 2.24) is 4.98 Å². The summed E-state index contributed by atoms with van der Waals surface area (Å²) in [4.78, 5) is 26.3. The number of amides is 1. The number of benzene rings is 1. The highest BCUT2D eigenvalue weighted by Crippen LogP contribution is 2.25. The van der Waals surface area contributed by atoms with Crippen LogP contribution < -0.4 is 5.01 Å². The van der Waals surface area contributed by atoms with Gasteiger partial charge in [0.05, 0.1) is 22.5 Å². The van der Waals surface area contributed by atoms with E-state index in [1.165, 1.54) is 17.1 Å². The molecule has 0 saturated heterocycles. The van der Waals surface area contributed by atoms with Gasteiger partial charge in [-0.1, -0.05) is 0 Å². The van der Waals surface area contributed by atoms with Crippen LogP contribution in [0.5, 0.6) is 0 Å². The first-order valence-corrected chi connectivity index (χ1v) is 6.65. The molecule has 1 aliphatic heterocycles. The van der Waals surface area contributed by atoms with Crippen LogP contribution in [-0.4, -0.2) is 27.7 Å². The second kappa shape index (κ2) is 5.33. The van der Waals surface area contributed by atoms with Gasteiger partial charge in [0.2, 0.25) is 0 Å². The summed E-state index contributed by atoms with van der Waals surface area (Å²) < 4.78 is 0. The van der Waals surface area contributed by atoms with Gasteiger partial charge in [0, 0.05) is 11.9 Å². The maximum atomic E-state index is 12.5. The lowest BCUT2D eigenvalue weighted by atomic mass is 10.1. The molecule has 0 spiro atoms. The van der Waals surface area contributed by atoms with Gasteiger partial charge in [-0.05, 0) is 49.4 Å². The molecule has 2 aromatic rings. The van der Waals surface area contributed by atoms with Crippen LogP contribution in [0, 0.1) is 0 Å². The topological polar surface area (TPSA) is 85.8 Å². The van der Waals surface area contributed by atoms with Crippen molar-refractivity contribution >= 4 is 29.4 Å². The first-order valence-electron chi connectivity index (χ1n) is 6.65. The van der Waals surface area contributed by atoms with Gasteiger partial charge in [0.1, 0.15) is 0 Å². The fourth-order valence-electron chi connectivity index (χ4n) is 2.19. The van der Waals surface area contributed by atoms with Gasteiger partial charge >= 0.3 is 5.97 Å². The van der Waals surface area contributed by atoms with Crippen molar-refractivity contribution in [3.8, 4) is 0 Å². The minimum atomic E-state index is -1.01. The second-order valence-electron chi connectivity index (χ2n) is 4.84. The third-order valence-electron chi connectivity index (χ3n) is 3.34. The lowest BCUT2D eigenvalue weighted by Crippen LogP contribution is -2.21. The van der Waals surface area contributed by atoms with Gasteiger partial charge in [-0.15, -0.1) is 0 Å². The number of hydrogen-bond acceptors (Lipinski definition) is 3. The highest BCUT2D eigenvalue weighted by atomic mass is 16.4. The number of aromatic carboxylic acids is 1. The zero-order chi connectivity index (χ0) is 15.7. The Bertz CT molecular complexity index is 787. The highest BCUT2D eigenvalue weighted by Gasteiger charge is 2.28. The highest BCUT2D eigenvalue weighted by molar-refractivity contribution is 6.32. The Balaban J connectivity index is 1.91. The normalized spacial score (nSPS) is 16.2. The summed E-state index contributed by atoms with van der Waals surface area (Å²) in [5.74, 6) is -1.25. The van der Waals surface area contributed by atoms with Crippen molar-refractivity contribution in [2.45, 2.75) is 6.92 Å². The molecule has 1 amide bonds. The number of carboxylic acids is 1. The molecule has 0 saturated carbocycles. The molecule has 0 aliphatic carbocycles. The molecule has 0 unspecified atom stereocenters. The molecule has 22 heavy (non-hydrogen) atoms. The van der Waals surface area contributed by atoms with Crippen molar-refractivity contribution in [2.24, 2.45) is 5.10 Å². The number of hydrogen-bond donors (Lipinski definition) is 2. The molecule has 6 heteroatoms. The molecule has 2 N–H and O–H groups in total. The smallest absolute Gasteiger partial charge is 0.335 e. The molecule has 1 aromatic carbocycles. The van der Waals surface area contributed by atoms with Crippen LogP contribution in [0.15, 0.2) is 53.3 Å². The number of H-pyrrole nitrogens is 1. The van der Waals surface area contributed by atoms with E-state index in [4.69, 9.17) is 5.11 Å². The van der Waals surface area contributed by atoms with E-state index in [0.717, 1.165) is 5.69 Å². The van der Waals surface area contributed by atoms with Gasteiger partial charge < -0.3 is 10.1 Å². The molecule has 0 radical (unpaired) electrons. The summed E-state index contributed by atoms with van der Waals surface area (Å²) in [6.07, 6.45) is 3.52. The molecule has 3 rings (SSSR count). The number of carbonyl (C=O) groups is 2. The predicted molar refractivity (Wildman–Crippen MR) is 82.8 cm³/mol. The molecule has 2 heterocycles. The Kier molecular flexibility index (Phi) is 3.34.